The summed E-state index contributed by atoms with van der Waals surface area (Å²) < 4.78 is 5.39. The van der Waals surface area contributed by atoms with Gasteiger partial charge >= 0.3 is 6.09 Å². The Morgan fingerprint density at radius 3 is 2.68 bits per heavy atom. The number of aromatic amines is 1. The molecule has 2 aromatic rings. The van der Waals surface area contributed by atoms with E-state index in [0.29, 0.717) is 37.0 Å². The summed E-state index contributed by atoms with van der Waals surface area (Å²) in [4.78, 5) is 33.6. The van der Waals surface area contributed by atoms with Gasteiger partial charge in [0.05, 0.1) is 17.4 Å². The van der Waals surface area contributed by atoms with Crippen molar-refractivity contribution >= 4 is 23.0 Å². The molecule has 1 fully saturated rings. The molecule has 2 amide bonds. The second-order valence-corrected chi connectivity index (χ2v) is 7.32. The molecular weight excluding hydrogens is 320 g/mol. The van der Waals surface area contributed by atoms with E-state index in [4.69, 9.17) is 4.74 Å². The molecule has 1 aliphatic heterocycles. The van der Waals surface area contributed by atoms with Crippen molar-refractivity contribution in [1.82, 2.24) is 20.2 Å². The third kappa shape index (κ3) is 4.10. The molecule has 0 atom stereocenters. The van der Waals surface area contributed by atoms with Crippen LogP contribution in [-0.2, 0) is 4.74 Å². The van der Waals surface area contributed by atoms with Crippen molar-refractivity contribution in [2.45, 2.75) is 45.3 Å². The van der Waals surface area contributed by atoms with Crippen LogP contribution >= 0.6 is 0 Å². The Morgan fingerprint density at radius 2 is 2.00 bits per heavy atom. The molecule has 0 unspecified atom stereocenters. The monoisotopic (exact) mass is 344 g/mol. The van der Waals surface area contributed by atoms with E-state index in [2.05, 4.69) is 15.3 Å². The van der Waals surface area contributed by atoms with Crippen molar-refractivity contribution in [3.05, 3.63) is 30.1 Å². The second kappa shape index (κ2) is 6.74. The Balaban J connectivity index is 1.56. The number of ether oxygens (including phenoxy) is 1. The van der Waals surface area contributed by atoms with Gasteiger partial charge in [-0.1, -0.05) is 6.07 Å². The molecule has 2 heterocycles. The molecule has 1 aromatic heterocycles. The number of likely N-dealkylation sites (tertiary alicyclic amines) is 1. The van der Waals surface area contributed by atoms with Gasteiger partial charge in [0, 0.05) is 19.1 Å². The summed E-state index contributed by atoms with van der Waals surface area (Å²) in [5.41, 5.74) is 1.58. The summed E-state index contributed by atoms with van der Waals surface area (Å²) in [5.74, 6) is -0.131. The van der Waals surface area contributed by atoms with E-state index in [-0.39, 0.29) is 18.0 Å². The molecule has 1 aromatic carbocycles. The maximum Gasteiger partial charge on any atom is 0.410 e. The average Bonchev–Trinajstić information content (AvgIpc) is 3.02. The minimum atomic E-state index is -0.496. The first-order chi connectivity index (χ1) is 11.8. The lowest BCUT2D eigenvalue weighted by molar-refractivity contribution is 0.0199. The van der Waals surface area contributed by atoms with E-state index in [1.165, 1.54) is 0 Å². The minimum Gasteiger partial charge on any atom is -0.444 e. The lowest BCUT2D eigenvalue weighted by Gasteiger charge is -2.33. The van der Waals surface area contributed by atoms with Gasteiger partial charge in [-0.25, -0.2) is 9.78 Å². The number of piperidine rings is 1. The maximum atomic E-state index is 12.6. The van der Waals surface area contributed by atoms with Crippen molar-refractivity contribution in [3.63, 3.8) is 0 Å². The molecule has 25 heavy (non-hydrogen) atoms. The van der Waals surface area contributed by atoms with Crippen molar-refractivity contribution in [1.29, 1.82) is 0 Å². The molecule has 0 saturated carbocycles. The van der Waals surface area contributed by atoms with Gasteiger partial charge < -0.3 is 19.9 Å². The average molecular weight is 344 g/mol. The van der Waals surface area contributed by atoms with E-state index in [1.807, 2.05) is 32.9 Å². The van der Waals surface area contributed by atoms with Crippen LogP contribution in [0.1, 0.15) is 44.0 Å². The van der Waals surface area contributed by atoms with E-state index in [9.17, 15) is 9.59 Å². The number of H-pyrrole nitrogens is 1. The molecule has 7 nitrogen and oxygen atoms in total. The van der Waals surface area contributed by atoms with E-state index in [1.54, 1.807) is 17.3 Å². The fourth-order valence-corrected chi connectivity index (χ4v) is 2.94. The van der Waals surface area contributed by atoms with Crippen molar-refractivity contribution in [2.24, 2.45) is 0 Å². The number of hydrogen-bond acceptors (Lipinski definition) is 4. The molecule has 1 saturated heterocycles. The van der Waals surface area contributed by atoms with E-state index < -0.39 is 5.60 Å². The molecule has 3 rings (SSSR count). The number of aromatic nitrogens is 2. The summed E-state index contributed by atoms with van der Waals surface area (Å²) in [6.45, 7) is 6.72. The number of carbonyl (C=O) groups excluding carboxylic acids is 2. The number of nitrogens with one attached hydrogen (secondary N) is 2. The smallest absolute Gasteiger partial charge is 0.410 e. The quantitative estimate of drug-likeness (QED) is 0.877. The van der Waals surface area contributed by atoms with Crippen LogP contribution in [0.3, 0.4) is 0 Å². The van der Waals surface area contributed by atoms with Gasteiger partial charge in [0.2, 0.25) is 0 Å². The number of para-hydroxylation sites is 1. The van der Waals surface area contributed by atoms with Crippen LogP contribution in [0.4, 0.5) is 4.79 Å². The third-order valence-electron chi connectivity index (χ3n) is 4.18. The highest BCUT2D eigenvalue weighted by molar-refractivity contribution is 6.04. The Morgan fingerprint density at radius 1 is 1.28 bits per heavy atom. The molecule has 134 valence electrons. The summed E-state index contributed by atoms with van der Waals surface area (Å²) >= 11 is 0. The number of amides is 2. The number of fused-ring (bicyclic) bond motifs is 1. The van der Waals surface area contributed by atoms with Crippen molar-refractivity contribution in [2.75, 3.05) is 13.1 Å². The predicted octanol–water partition coefficient (Wildman–Crippen LogP) is 2.69. The fourth-order valence-electron chi connectivity index (χ4n) is 2.94. The zero-order chi connectivity index (χ0) is 18.0. The third-order valence-corrected chi connectivity index (χ3v) is 4.18. The van der Waals surface area contributed by atoms with E-state index in [0.717, 1.165) is 5.52 Å². The molecule has 0 bridgehead atoms. The first kappa shape index (κ1) is 17.3. The van der Waals surface area contributed by atoms with Crippen LogP contribution < -0.4 is 5.32 Å². The zero-order valence-corrected chi connectivity index (χ0v) is 14.8. The van der Waals surface area contributed by atoms with Crippen LogP contribution in [-0.4, -0.2) is 51.6 Å². The lowest BCUT2D eigenvalue weighted by Crippen LogP contribution is -2.47. The summed E-state index contributed by atoms with van der Waals surface area (Å²) in [5, 5.41) is 3.05. The lowest BCUT2D eigenvalue weighted by atomic mass is 10.0. The molecule has 2 N–H and O–H groups in total. The van der Waals surface area contributed by atoms with Crippen LogP contribution in [0.2, 0.25) is 0 Å². The highest BCUT2D eigenvalue weighted by atomic mass is 16.6. The van der Waals surface area contributed by atoms with Crippen molar-refractivity contribution in [3.8, 4) is 0 Å². The Hall–Kier alpha value is -2.57. The number of carbonyl (C=O) groups is 2. The topological polar surface area (TPSA) is 87.3 Å². The molecule has 7 heteroatoms. The number of rotatable bonds is 2. The zero-order valence-electron chi connectivity index (χ0n) is 14.8. The second-order valence-electron chi connectivity index (χ2n) is 7.32. The van der Waals surface area contributed by atoms with Crippen LogP contribution in [0.25, 0.3) is 11.0 Å². The standard InChI is InChI=1S/C18H24N4O3/c1-18(2,3)25-17(24)22-9-7-12(8-10-22)21-16(23)13-5-4-6-14-15(13)20-11-19-14/h4-6,11-12H,7-10H2,1-3H3,(H,19,20)(H,21,23). The number of hydrogen-bond donors (Lipinski definition) is 2. The van der Waals surface area contributed by atoms with Crippen LogP contribution in [0, 0.1) is 0 Å². The molecule has 0 spiro atoms. The summed E-state index contributed by atoms with van der Waals surface area (Å²) in [6.07, 6.45) is 2.71. The molecule has 0 aliphatic carbocycles. The summed E-state index contributed by atoms with van der Waals surface area (Å²) in [6, 6.07) is 5.54. The minimum absolute atomic E-state index is 0.0420. The fraction of sp³-hybridized carbons (Fsp3) is 0.500. The van der Waals surface area contributed by atoms with Crippen LogP contribution in [0.15, 0.2) is 24.5 Å². The molecule has 1 aliphatic rings. The SMILES string of the molecule is CC(C)(C)OC(=O)N1CCC(NC(=O)c2cccc3[nH]cnc23)CC1. The molecule has 0 radical (unpaired) electrons. The Bertz CT molecular complexity index is 770. The normalized spacial score (nSPS) is 16.0. The van der Waals surface area contributed by atoms with Gasteiger partial charge in [0.25, 0.3) is 5.91 Å². The molecular formula is C18H24N4O3. The van der Waals surface area contributed by atoms with Gasteiger partial charge in [-0.3, -0.25) is 4.79 Å². The van der Waals surface area contributed by atoms with Crippen LogP contribution in [0.5, 0.6) is 0 Å². The summed E-state index contributed by atoms with van der Waals surface area (Å²) in [7, 11) is 0. The Labute approximate surface area is 146 Å². The highest BCUT2D eigenvalue weighted by Crippen LogP contribution is 2.18. The largest absolute Gasteiger partial charge is 0.444 e. The number of imidazole rings is 1. The van der Waals surface area contributed by atoms with Gasteiger partial charge in [-0.2, -0.15) is 0 Å². The maximum absolute atomic E-state index is 12.6. The Kier molecular flexibility index (Phi) is 4.65. The first-order valence-corrected chi connectivity index (χ1v) is 8.54. The van der Waals surface area contributed by atoms with Gasteiger partial charge in [-0.05, 0) is 45.7 Å². The van der Waals surface area contributed by atoms with Gasteiger partial charge in [0.15, 0.2) is 0 Å². The number of nitrogens with zero attached hydrogens (tertiary/aromatic N) is 2. The van der Waals surface area contributed by atoms with Gasteiger partial charge in [-0.15, -0.1) is 0 Å². The number of benzene rings is 1. The van der Waals surface area contributed by atoms with Crippen molar-refractivity contribution < 1.29 is 14.3 Å². The highest BCUT2D eigenvalue weighted by Gasteiger charge is 2.27. The first-order valence-electron chi connectivity index (χ1n) is 8.54. The predicted molar refractivity (Wildman–Crippen MR) is 94.4 cm³/mol. The van der Waals surface area contributed by atoms with E-state index >= 15 is 0 Å². The van der Waals surface area contributed by atoms with Gasteiger partial charge in [0.1, 0.15) is 11.1 Å².